The molecule has 0 aliphatic heterocycles. The molecule has 1 heterocycles. The maximum absolute atomic E-state index is 14.4. The number of hydrogen-bond acceptors (Lipinski definition) is 4. The van der Waals surface area contributed by atoms with Gasteiger partial charge in [-0.2, -0.15) is 5.26 Å². The van der Waals surface area contributed by atoms with Gasteiger partial charge in [-0.15, -0.1) is 0 Å². The lowest BCUT2D eigenvalue weighted by atomic mass is 9.88. The van der Waals surface area contributed by atoms with Gasteiger partial charge in [-0.1, -0.05) is 66.7 Å². The highest BCUT2D eigenvalue weighted by molar-refractivity contribution is 6.54. The zero-order valence-corrected chi connectivity index (χ0v) is 19.9. The van der Waals surface area contributed by atoms with E-state index < -0.39 is 11.6 Å². The molecule has 0 radical (unpaired) electrons. The number of fused-ring (bicyclic) bond motifs is 3. The molecular weight excluding hydrogens is 478 g/mol. The Morgan fingerprint density at radius 1 is 0.684 bits per heavy atom. The summed E-state index contributed by atoms with van der Waals surface area (Å²) in [6.07, 6.45) is 3.47. The van der Waals surface area contributed by atoms with Crippen LogP contribution in [0.1, 0.15) is 16.7 Å². The lowest BCUT2D eigenvalue weighted by molar-refractivity contribution is 0.589. The van der Waals surface area contributed by atoms with Gasteiger partial charge in [0.2, 0.25) is 0 Å². The van der Waals surface area contributed by atoms with Crippen LogP contribution in [-0.4, -0.2) is 16.4 Å². The Hall–Kier alpha value is -5.28. The fraction of sp³-hybridized carbons (Fsp3) is 0. The molecule has 4 aromatic carbocycles. The molecule has 180 valence electrons. The van der Waals surface area contributed by atoms with E-state index in [1.165, 1.54) is 0 Å². The van der Waals surface area contributed by atoms with E-state index in [-0.39, 0.29) is 22.6 Å². The monoisotopic (exact) mass is 496 g/mol. The molecule has 5 aromatic rings. The van der Waals surface area contributed by atoms with Crippen LogP contribution in [-0.2, 0) is 0 Å². The van der Waals surface area contributed by atoms with Crippen LogP contribution in [0, 0.1) is 33.8 Å². The Labute approximate surface area is 217 Å². The van der Waals surface area contributed by atoms with Gasteiger partial charge in [-0.05, 0) is 47.0 Å². The predicted octanol–water partition coefficient (Wildman–Crippen LogP) is 7.80. The van der Waals surface area contributed by atoms with E-state index in [0.717, 1.165) is 51.0 Å². The second kappa shape index (κ2) is 8.99. The molecule has 4 nitrogen and oxygen atoms in total. The van der Waals surface area contributed by atoms with E-state index in [1.54, 1.807) is 36.4 Å². The fourth-order valence-electron chi connectivity index (χ4n) is 4.83. The summed E-state index contributed by atoms with van der Waals surface area (Å²) in [5.41, 5.74) is 6.19. The number of aromatic nitrogens is 1. The van der Waals surface area contributed by atoms with Crippen LogP contribution in [0.5, 0.6) is 0 Å². The Morgan fingerprint density at radius 3 is 1.89 bits per heavy atom. The van der Waals surface area contributed by atoms with Crippen molar-refractivity contribution in [2.45, 2.75) is 0 Å². The van der Waals surface area contributed by atoms with Crippen molar-refractivity contribution in [3.05, 3.63) is 119 Å². The van der Waals surface area contributed by atoms with Crippen molar-refractivity contribution in [3.63, 3.8) is 0 Å². The number of nitriles is 1. The SMILES string of the molecule is N#Cc1cc(F)c(-c2ccc(-c3ccc(-c4nc5ccccc5c5c4C=CC(=N)C5=N)cc3)cc2)c(F)c1. The maximum Gasteiger partial charge on any atom is 0.135 e. The smallest absolute Gasteiger partial charge is 0.135 e. The molecular formula is C32H18F2N4. The normalized spacial score (nSPS) is 12.4. The average Bonchev–Trinajstić information content (AvgIpc) is 2.94. The highest BCUT2D eigenvalue weighted by atomic mass is 19.1. The minimum atomic E-state index is -0.776. The number of benzene rings is 4. The molecule has 6 rings (SSSR count). The minimum absolute atomic E-state index is 0.0618. The summed E-state index contributed by atoms with van der Waals surface area (Å²) in [7, 11) is 0. The van der Waals surface area contributed by atoms with Crippen LogP contribution >= 0.6 is 0 Å². The summed E-state index contributed by atoms with van der Waals surface area (Å²) in [5, 5.41) is 26.4. The first-order valence-corrected chi connectivity index (χ1v) is 11.8. The quantitative estimate of drug-likeness (QED) is 0.267. The fourth-order valence-corrected chi connectivity index (χ4v) is 4.83. The van der Waals surface area contributed by atoms with Gasteiger partial charge >= 0.3 is 0 Å². The van der Waals surface area contributed by atoms with Gasteiger partial charge in [0.05, 0.1) is 39.8 Å². The Balaban J connectivity index is 1.37. The number of halogens is 2. The Bertz CT molecular complexity index is 1840. The Morgan fingerprint density at radius 2 is 1.26 bits per heavy atom. The number of nitrogens with zero attached hydrogens (tertiary/aromatic N) is 2. The van der Waals surface area contributed by atoms with Gasteiger partial charge in [0.15, 0.2) is 0 Å². The first-order chi connectivity index (χ1) is 18.4. The van der Waals surface area contributed by atoms with Crippen LogP contribution in [0.2, 0.25) is 0 Å². The largest absolute Gasteiger partial charge is 0.299 e. The molecule has 0 saturated carbocycles. The van der Waals surface area contributed by atoms with Crippen molar-refractivity contribution in [2.24, 2.45) is 0 Å². The number of allylic oxidation sites excluding steroid dienone is 1. The third-order valence-corrected chi connectivity index (χ3v) is 6.70. The van der Waals surface area contributed by atoms with Crippen LogP contribution < -0.4 is 0 Å². The third-order valence-electron chi connectivity index (χ3n) is 6.70. The molecule has 0 amide bonds. The molecule has 2 N–H and O–H groups in total. The van der Waals surface area contributed by atoms with Crippen LogP contribution in [0.25, 0.3) is 50.5 Å². The minimum Gasteiger partial charge on any atom is -0.299 e. The van der Waals surface area contributed by atoms with Crippen molar-refractivity contribution in [3.8, 4) is 39.6 Å². The second-order valence-corrected chi connectivity index (χ2v) is 8.97. The molecule has 0 unspecified atom stereocenters. The van der Waals surface area contributed by atoms with E-state index in [1.807, 2.05) is 54.6 Å². The van der Waals surface area contributed by atoms with Crippen molar-refractivity contribution < 1.29 is 8.78 Å². The van der Waals surface area contributed by atoms with Crippen molar-refractivity contribution >= 4 is 28.4 Å². The highest BCUT2D eigenvalue weighted by Gasteiger charge is 2.22. The number of pyridine rings is 1. The summed E-state index contributed by atoms with van der Waals surface area (Å²) in [4.78, 5) is 4.89. The molecule has 0 bridgehead atoms. The van der Waals surface area contributed by atoms with Gasteiger partial charge in [0.25, 0.3) is 0 Å². The molecule has 1 aliphatic rings. The van der Waals surface area contributed by atoms with Gasteiger partial charge in [0.1, 0.15) is 11.6 Å². The van der Waals surface area contributed by atoms with Gasteiger partial charge in [-0.3, -0.25) is 10.8 Å². The number of nitrogens with one attached hydrogen (secondary N) is 2. The predicted molar refractivity (Wildman–Crippen MR) is 146 cm³/mol. The van der Waals surface area contributed by atoms with E-state index >= 15 is 0 Å². The zero-order chi connectivity index (χ0) is 26.4. The van der Waals surface area contributed by atoms with E-state index in [0.29, 0.717) is 11.1 Å². The maximum atomic E-state index is 14.4. The summed E-state index contributed by atoms with van der Waals surface area (Å²) < 4.78 is 28.9. The van der Waals surface area contributed by atoms with Crippen molar-refractivity contribution in [1.82, 2.24) is 4.98 Å². The van der Waals surface area contributed by atoms with E-state index in [2.05, 4.69) is 0 Å². The summed E-state index contributed by atoms with van der Waals surface area (Å²) >= 11 is 0. The van der Waals surface area contributed by atoms with E-state index in [9.17, 15) is 8.78 Å². The highest BCUT2D eigenvalue weighted by Crippen LogP contribution is 2.35. The van der Waals surface area contributed by atoms with Crippen LogP contribution in [0.15, 0.2) is 91.0 Å². The molecule has 0 fully saturated rings. The Kier molecular flexibility index (Phi) is 5.47. The number of hydrogen-bond donors (Lipinski definition) is 2. The summed E-state index contributed by atoms with van der Waals surface area (Å²) in [6.45, 7) is 0. The molecule has 38 heavy (non-hydrogen) atoms. The third kappa shape index (κ3) is 3.78. The first kappa shape index (κ1) is 23.1. The molecule has 6 heteroatoms. The molecule has 0 saturated heterocycles. The van der Waals surface area contributed by atoms with E-state index in [4.69, 9.17) is 21.1 Å². The zero-order valence-electron chi connectivity index (χ0n) is 19.9. The molecule has 0 atom stereocenters. The van der Waals surface area contributed by atoms with Gasteiger partial charge < -0.3 is 0 Å². The standard InChI is InChI=1S/C32H18F2N4/c33-25-15-18(17-35)16-26(34)29(25)21-9-5-19(6-10-21)20-7-11-22(12-8-20)32-24-13-14-27(36)31(37)30(24)23-3-1-2-4-28(23)38-32/h1-16,36-37H. The number of para-hydroxylation sites is 1. The topological polar surface area (TPSA) is 84.4 Å². The average molecular weight is 497 g/mol. The van der Waals surface area contributed by atoms with Crippen molar-refractivity contribution in [2.75, 3.05) is 0 Å². The van der Waals surface area contributed by atoms with Crippen LogP contribution in [0.4, 0.5) is 8.78 Å². The molecule has 1 aliphatic carbocycles. The molecule has 0 spiro atoms. The van der Waals surface area contributed by atoms with Gasteiger partial charge in [-0.25, -0.2) is 13.8 Å². The first-order valence-electron chi connectivity index (χ1n) is 11.8. The number of rotatable bonds is 3. The van der Waals surface area contributed by atoms with Crippen molar-refractivity contribution in [1.29, 1.82) is 16.1 Å². The lowest BCUT2D eigenvalue weighted by Gasteiger charge is -2.19. The summed E-state index contributed by atoms with van der Waals surface area (Å²) in [5.74, 6) is -1.55. The van der Waals surface area contributed by atoms with Crippen LogP contribution in [0.3, 0.4) is 0 Å². The second-order valence-electron chi connectivity index (χ2n) is 8.97. The molecule has 1 aromatic heterocycles. The van der Waals surface area contributed by atoms with Gasteiger partial charge in [0, 0.05) is 22.1 Å². The lowest BCUT2D eigenvalue weighted by Crippen LogP contribution is -2.17. The summed E-state index contributed by atoms with van der Waals surface area (Å²) in [6, 6.07) is 26.2.